The molecule has 32 heavy (non-hydrogen) atoms. The fourth-order valence-electron chi connectivity index (χ4n) is 4.93. The Labute approximate surface area is 183 Å². The van der Waals surface area contributed by atoms with Gasteiger partial charge in [-0.25, -0.2) is 4.79 Å². The highest BCUT2D eigenvalue weighted by Crippen LogP contribution is 2.52. The third kappa shape index (κ3) is 2.69. The topological polar surface area (TPSA) is 78.7 Å². The number of carbonyl (C=O) groups is 1. The van der Waals surface area contributed by atoms with Gasteiger partial charge in [0.25, 0.3) is 5.69 Å². The molecule has 2 aliphatic rings. The van der Waals surface area contributed by atoms with Crippen LogP contribution in [0.25, 0.3) is 10.8 Å². The summed E-state index contributed by atoms with van der Waals surface area (Å²) in [4.78, 5) is 23.2. The Morgan fingerprint density at radius 1 is 0.906 bits per heavy atom. The molecular formula is C26H17NO5. The maximum absolute atomic E-state index is 12.4. The zero-order valence-electron chi connectivity index (χ0n) is 16.9. The number of benzene rings is 4. The van der Waals surface area contributed by atoms with Gasteiger partial charge in [-0.2, -0.15) is 0 Å². The van der Waals surface area contributed by atoms with Crippen molar-refractivity contribution in [3.05, 3.63) is 111 Å². The zero-order chi connectivity index (χ0) is 21.8. The molecule has 0 aliphatic carbocycles. The molecule has 0 fully saturated rings. The first kappa shape index (κ1) is 18.6. The number of carbonyl (C=O) groups excluding carboxylic acids is 1. The van der Waals surface area contributed by atoms with Gasteiger partial charge in [-0.3, -0.25) is 10.1 Å². The summed E-state index contributed by atoms with van der Waals surface area (Å²) in [6, 6.07) is 24.2. The zero-order valence-corrected chi connectivity index (χ0v) is 16.9. The van der Waals surface area contributed by atoms with E-state index >= 15 is 0 Å². The van der Waals surface area contributed by atoms with Crippen molar-refractivity contribution in [2.45, 2.75) is 11.8 Å². The van der Waals surface area contributed by atoms with Crippen molar-refractivity contribution < 1.29 is 19.2 Å². The van der Waals surface area contributed by atoms with Crippen LogP contribution < -0.4 is 9.47 Å². The summed E-state index contributed by atoms with van der Waals surface area (Å²) < 4.78 is 11.9. The van der Waals surface area contributed by atoms with Crippen LogP contribution >= 0.6 is 0 Å². The Bertz CT molecular complexity index is 1400. The van der Waals surface area contributed by atoms with Crippen LogP contribution in [0, 0.1) is 10.1 Å². The molecule has 2 atom stereocenters. The third-order valence-electron chi connectivity index (χ3n) is 6.36. The van der Waals surface area contributed by atoms with Crippen LogP contribution in [-0.4, -0.2) is 17.5 Å². The van der Waals surface area contributed by atoms with E-state index in [2.05, 4.69) is 12.1 Å². The lowest BCUT2D eigenvalue weighted by Crippen LogP contribution is -2.25. The summed E-state index contributed by atoms with van der Waals surface area (Å²) in [6.45, 7) is 0.451. The van der Waals surface area contributed by atoms with Crippen molar-refractivity contribution in [3.63, 3.8) is 0 Å². The molecule has 4 aromatic rings. The number of nitrogens with zero attached hydrogens (tertiary/aromatic N) is 1. The second-order valence-corrected chi connectivity index (χ2v) is 8.07. The van der Waals surface area contributed by atoms with Gasteiger partial charge in [-0.05, 0) is 23.3 Å². The number of nitro groups is 1. The predicted molar refractivity (Wildman–Crippen MR) is 119 cm³/mol. The van der Waals surface area contributed by atoms with Crippen molar-refractivity contribution in [1.29, 1.82) is 0 Å². The van der Waals surface area contributed by atoms with Gasteiger partial charge in [-0.1, -0.05) is 54.6 Å². The minimum atomic E-state index is -0.397. The van der Waals surface area contributed by atoms with Crippen LogP contribution in [0.15, 0.2) is 78.9 Å². The van der Waals surface area contributed by atoms with Crippen LogP contribution in [0.1, 0.15) is 38.9 Å². The molecule has 0 amide bonds. The lowest BCUT2D eigenvalue weighted by molar-refractivity contribution is -0.384. The molecule has 0 unspecified atom stereocenters. The van der Waals surface area contributed by atoms with Crippen molar-refractivity contribution >= 4 is 22.4 Å². The molecule has 4 aromatic carbocycles. The Balaban J connectivity index is 1.59. The van der Waals surface area contributed by atoms with Gasteiger partial charge in [0, 0.05) is 40.3 Å². The molecule has 0 saturated heterocycles. The smallest absolute Gasteiger partial charge is 0.344 e. The number of fused-ring (bicyclic) bond motifs is 2. The van der Waals surface area contributed by atoms with Crippen molar-refractivity contribution in [2.24, 2.45) is 0 Å². The van der Waals surface area contributed by atoms with Gasteiger partial charge >= 0.3 is 5.97 Å². The summed E-state index contributed by atoms with van der Waals surface area (Å²) >= 11 is 0. The molecule has 0 bridgehead atoms. The van der Waals surface area contributed by atoms with Gasteiger partial charge in [0.1, 0.15) is 11.5 Å². The molecule has 6 rings (SSSR count). The number of esters is 1. The molecule has 0 saturated carbocycles. The average Bonchev–Trinajstić information content (AvgIpc) is 3.15. The minimum Gasteiger partial charge on any atom is -0.492 e. The molecule has 0 N–H and O–H groups in total. The Morgan fingerprint density at radius 2 is 1.69 bits per heavy atom. The number of hydrogen-bond donors (Lipinski definition) is 0. The van der Waals surface area contributed by atoms with Crippen LogP contribution in [0.4, 0.5) is 5.69 Å². The van der Waals surface area contributed by atoms with E-state index in [-0.39, 0.29) is 23.5 Å². The summed E-state index contributed by atoms with van der Waals surface area (Å²) in [5.74, 6) is 0.781. The largest absolute Gasteiger partial charge is 0.492 e. The minimum absolute atomic E-state index is 0.00454. The Hall–Kier alpha value is -4.19. The maximum Gasteiger partial charge on any atom is 0.344 e. The van der Waals surface area contributed by atoms with Crippen LogP contribution in [0.2, 0.25) is 0 Å². The Morgan fingerprint density at radius 3 is 2.44 bits per heavy atom. The second-order valence-electron chi connectivity index (χ2n) is 8.07. The first-order valence-corrected chi connectivity index (χ1v) is 10.4. The number of ether oxygens (including phenoxy) is 2. The average molecular weight is 423 g/mol. The van der Waals surface area contributed by atoms with E-state index in [9.17, 15) is 14.9 Å². The van der Waals surface area contributed by atoms with Gasteiger partial charge in [0.05, 0.1) is 17.1 Å². The highest BCUT2D eigenvalue weighted by molar-refractivity contribution is 6.14. The number of rotatable bonds is 3. The fraction of sp³-hybridized carbons (Fsp3) is 0.115. The van der Waals surface area contributed by atoms with Gasteiger partial charge < -0.3 is 9.47 Å². The molecule has 156 valence electrons. The number of nitro benzene ring substituents is 1. The van der Waals surface area contributed by atoms with Gasteiger partial charge in [0.15, 0.2) is 0 Å². The molecule has 0 radical (unpaired) electrons. The highest BCUT2D eigenvalue weighted by atomic mass is 16.6. The molecular weight excluding hydrogens is 406 g/mol. The third-order valence-corrected chi connectivity index (χ3v) is 6.36. The monoisotopic (exact) mass is 423 g/mol. The van der Waals surface area contributed by atoms with Crippen molar-refractivity contribution in [3.8, 4) is 11.5 Å². The van der Waals surface area contributed by atoms with E-state index in [0.29, 0.717) is 17.9 Å². The first-order chi connectivity index (χ1) is 15.6. The van der Waals surface area contributed by atoms with E-state index in [0.717, 1.165) is 33.2 Å². The molecule has 0 spiro atoms. The molecule has 2 aliphatic heterocycles. The van der Waals surface area contributed by atoms with E-state index in [1.54, 1.807) is 18.2 Å². The summed E-state index contributed by atoms with van der Waals surface area (Å²) in [7, 11) is 0. The SMILES string of the molecule is O=C1Oc2cc3c(c4cccc1c24)OC[C@H](c1ccccc1)[C@H]3c1ccc([N+](=O)[O-])cc1. The summed E-state index contributed by atoms with van der Waals surface area (Å²) in [5.41, 5.74) is 3.56. The van der Waals surface area contributed by atoms with Gasteiger partial charge in [-0.15, -0.1) is 0 Å². The molecule has 6 heteroatoms. The highest BCUT2D eigenvalue weighted by Gasteiger charge is 2.37. The molecule has 6 nitrogen and oxygen atoms in total. The maximum atomic E-state index is 12.4. The standard InChI is InChI=1S/C26H17NO5/c28-26-19-8-4-7-18-24(19)22(32-26)13-20-23(16-9-11-17(12-10-16)27(29)30)21(14-31-25(18)20)15-5-2-1-3-6-15/h1-13,21,23H,14H2/t21-,23+/m1/s1. The Kier molecular flexibility index (Phi) is 4.01. The van der Waals surface area contributed by atoms with Crippen LogP contribution in [-0.2, 0) is 0 Å². The first-order valence-electron chi connectivity index (χ1n) is 10.4. The second kappa shape index (κ2) is 6.92. The summed E-state index contributed by atoms with van der Waals surface area (Å²) in [5, 5.41) is 12.8. The molecule has 0 aromatic heterocycles. The van der Waals surface area contributed by atoms with E-state index in [4.69, 9.17) is 9.47 Å². The lowest BCUT2D eigenvalue weighted by Gasteiger charge is -2.35. The molecule has 2 heterocycles. The number of non-ortho nitro benzene ring substituents is 1. The summed E-state index contributed by atoms with van der Waals surface area (Å²) in [6.07, 6.45) is 0. The quantitative estimate of drug-likeness (QED) is 0.186. The van der Waals surface area contributed by atoms with Crippen LogP contribution in [0.5, 0.6) is 11.5 Å². The van der Waals surface area contributed by atoms with E-state index in [1.165, 1.54) is 12.1 Å². The van der Waals surface area contributed by atoms with E-state index in [1.807, 2.05) is 36.4 Å². The normalized spacial score (nSPS) is 18.7. The fourth-order valence-corrected chi connectivity index (χ4v) is 4.93. The van der Waals surface area contributed by atoms with Crippen LogP contribution in [0.3, 0.4) is 0 Å². The van der Waals surface area contributed by atoms with Gasteiger partial charge in [0.2, 0.25) is 0 Å². The van der Waals surface area contributed by atoms with Crippen molar-refractivity contribution in [1.82, 2.24) is 0 Å². The van der Waals surface area contributed by atoms with Crippen molar-refractivity contribution in [2.75, 3.05) is 6.61 Å². The van der Waals surface area contributed by atoms with E-state index < -0.39 is 4.92 Å². The number of hydrogen-bond acceptors (Lipinski definition) is 5. The lowest BCUT2D eigenvalue weighted by atomic mass is 9.75. The predicted octanol–water partition coefficient (Wildman–Crippen LogP) is 5.59.